The van der Waals surface area contributed by atoms with Crippen molar-refractivity contribution in [3.05, 3.63) is 24.3 Å². The standard InChI is InChI=1S/C42H79N3O.CH4O4S/c1-6-8-10-12-14-16-18-20-22-24-26-28-30-32-34-36-40(46)44-42(4,5)41-43-37-38-45(41)39(3)35-33-31-29-27-25-23-21-19-17-15-13-11-9-7-2;1-5-6(2,3)4/h20-23,39H,6-19,24-38H2,1-5H3,(H,44,46);1H3,(H,2,3,4)/b22-20-,23-21-;. The van der Waals surface area contributed by atoms with E-state index in [1.54, 1.807) is 0 Å². The number of carbonyl (C=O) groups is 1. The summed E-state index contributed by atoms with van der Waals surface area (Å²) < 4.78 is 33.5. The van der Waals surface area contributed by atoms with Gasteiger partial charge in [0.05, 0.1) is 13.2 Å². The maximum atomic E-state index is 12.9. The van der Waals surface area contributed by atoms with Crippen LogP contribution in [-0.2, 0) is 19.4 Å². The zero-order valence-electron chi connectivity index (χ0n) is 34.8. The number of hydrogen-bond donors (Lipinski definition) is 2. The second-order valence-corrected chi connectivity index (χ2v) is 16.6. The Balaban J connectivity index is 0.00000397. The fourth-order valence-corrected chi connectivity index (χ4v) is 6.84. The lowest BCUT2D eigenvalue weighted by Crippen LogP contribution is -2.56. The van der Waals surface area contributed by atoms with Crippen LogP contribution in [0.4, 0.5) is 0 Å². The third-order valence-corrected chi connectivity index (χ3v) is 10.4. The molecule has 0 bridgehead atoms. The highest BCUT2D eigenvalue weighted by atomic mass is 32.3. The Morgan fingerprint density at radius 2 is 1.13 bits per heavy atom. The summed E-state index contributed by atoms with van der Waals surface area (Å²) in [6, 6.07) is 0.504. The molecule has 0 saturated heterocycles. The van der Waals surface area contributed by atoms with Crippen molar-refractivity contribution in [2.75, 3.05) is 20.2 Å². The molecule has 1 atom stereocenters. The zero-order valence-corrected chi connectivity index (χ0v) is 35.6. The second kappa shape index (κ2) is 33.8. The van der Waals surface area contributed by atoms with E-state index in [1.807, 2.05) is 0 Å². The van der Waals surface area contributed by atoms with Gasteiger partial charge >= 0.3 is 0 Å². The largest absolute Gasteiger partial charge is 0.726 e. The van der Waals surface area contributed by atoms with Crippen molar-refractivity contribution in [3.63, 3.8) is 0 Å². The minimum Gasteiger partial charge on any atom is -0.726 e. The predicted molar refractivity (Wildman–Crippen MR) is 221 cm³/mol. The molecule has 52 heavy (non-hydrogen) atoms. The van der Waals surface area contributed by atoms with Crippen LogP contribution in [0.1, 0.15) is 208 Å². The smallest absolute Gasteiger partial charge is 0.270 e. The van der Waals surface area contributed by atoms with Crippen LogP contribution in [-0.4, -0.2) is 61.1 Å². The third kappa shape index (κ3) is 30.7. The second-order valence-electron chi connectivity index (χ2n) is 15.4. The molecule has 1 heterocycles. The highest BCUT2D eigenvalue weighted by Crippen LogP contribution is 2.16. The van der Waals surface area contributed by atoms with Gasteiger partial charge in [0.25, 0.3) is 5.84 Å². The van der Waals surface area contributed by atoms with Crippen LogP contribution in [0, 0.1) is 0 Å². The van der Waals surface area contributed by atoms with Crippen LogP contribution in [0.5, 0.6) is 0 Å². The number of carbonyl (C=O) groups excluding carboxylic acids is 1. The topological polar surface area (TPSA) is 111 Å². The molecule has 1 unspecified atom stereocenters. The van der Waals surface area contributed by atoms with Gasteiger partial charge in [-0.25, -0.2) is 8.42 Å². The molecule has 1 amide bonds. The lowest BCUT2D eigenvalue weighted by molar-refractivity contribution is -0.556. The average Bonchev–Trinajstić information content (AvgIpc) is 3.62. The SMILES string of the molecule is CCCCCCCC/C=C\CCCCCCCC(=O)NC(C)(C)C1=[N+](C(C)CCCCCC/C=C\CCCCCCCC)CCN1.COS(=O)(=O)[O-]. The molecule has 0 aromatic rings. The number of unbranched alkanes of at least 4 members (excludes halogenated alkanes) is 21. The number of amides is 1. The first-order valence-electron chi connectivity index (χ1n) is 21.5. The lowest BCUT2D eigenvalue weighted by atomic mass is 10.0. The third-order valence-electron chi connectivity index (χ3n) is 10.0. The Bertz CT molecular complexity index is 1050. The number of nitrogens with zero attached hydrogens (tertiary/aromatic N) is 1. The number of allylic oxidation sites excluding steroid dienone is 4. The Morgan fingerprint density at radius 3 is 1.56 bits per heavy atom. The summed E-state index contributed by atoms with van der Waals surface area (Å²) in [4.78, 5) is 12.9. The van der Waals surface area contributed by atoms with Crippen molar-refractivity contribution in [2.24, 2.45) is 0 Å². The summed E-state index contributed by atoms with van der Waals surface area (Å²) in [6.45, 7) is 13.3. The van der Waals surface area contributed by atoms with Crippen molar-refractivity contribution < 1.29 is 26.5 Å². The van der Waals surface area contributed by atoms with Crippen LogP contribution >= 0.6 is 0 Å². The Morgan fingerprint density at radius 1 is 0.750 bits per heavy atom. The van der Waals surface area contributed by atoms with E-state index in [-0.39, 0.29) is 11.4 Å². The summed E-state index contributed by atoms with van der Waals surface area (Å²) in [5, 5.41) is 6.98. The number of hydrogen-bond acceptors (Lipinski definition) is 6. The number of amidine groups is 1. The van der Waals surface area contributed by atoms with E-state index in [2.05, 4.69) is 78.3 Å². The molecule has 1 aliphatic rings. The molecular formula is C43H83N3O5S. The summed E-state index contributed by atoms with van der Waals surface area (Å²) >= 11 is 0. The first-order valence-corrected chi connectivity index (χ1v) is 22.8. The molecule has 306 valence electrons. The molecule has 2 N–H and O–H groups in total. The minimum absolute atomic E-state index is 0.192. The number of nitrogens with one attached hydrogen (secondary N) is 2. The summed E-state index contributed by atoms with van der Waals surface area (Å²) in [7, 11) is -3.60. The predicted octanol–water partition coefficient (Wildman–Crippen LogP) is 11.1. The molecule has 0 saturated carbocycles. The molecule has 0 radical (unpaired) electrons. The van der Waals surface area contributed by atoms with Crippen LogP contribution in [0.25, 0.3) is 0 Å². The van der Waals surface area contributed by atoms with Gasteiger partial charge in [-0.2, -0.15) is 0 Å². The molecule has 0 fully saturated rings. The Labute approximate surface area is 322 Å². The molecule has 0 spiro atoms. The van der Waals surface area contributed by atoms with Crippen LogP contribution in [0.3, 0.4) is 0 Å². The molecule has 0 aromatic carbocycles. The van der Waals surface area contributed by atoms with Crippen molar-refractivity contribution in [3.8, 4) is 0 Å². The van der Waals surface area contributed by atoms with Gasteiger partial charge < -0.3 is 9.87 Å². The van der Waals surface area contributed by atoms with Gasteiger partial charge in [-0.05, 0) is 91.4 Å². The number of rotatable bonds is 33. The van der Waals surface area contributed by atoms with Gasteiger partial charge in [0.15, 0.2) is 0 Å². The monoisotopic (exact) mass is 754 g/mol. The van der Waals surface area contributed by atoms with Gasteiger partial charge in [-0.15, -0.1) is 0 Å². The molecule has 8 nitrogen and oxygen atoms in total. The highest BCUT2D eigenvalue weighted by molar-refractivity contribution is 7.80. The van der Waals surface area contributed by atoms with E-state index in [1.165, 1.54) is 160 Å². The van der Waals surface area contributed by atoms with Crippen LogP contribution < -0.4 is 10.6 Å². The first kappa shape index (κ1) is 50.3. The van der Waals surface area contributed by atoms with Crippen LogP contribution in [0.15, 0.2) is 24.3 Å². The Hall–Kier alpha value is -1.71. The lowest BCUT2D eigenvalue weighted by Gasteiger charge is -2.26. The molecule has 1 aliphatic heterocycles. The molecule has 0 aromatic heterocycles. The van der Waals surface area contributed by atoms with E-state index in [4.69, 9.17) is 0 Å². The Kier molecular flexibility index (Phi) is 32.7. The van der Waals surface area contributed by atoms with Gasteiger partial charge in [0, 0.05) is 6.42 Å². The van der Waals surface area contributed by atoms with E-state index in [9.17, 15) is 17.8 Å². The minimum atomic E-state index is -4.41. The van der Waals surface area contributed by atoms with Gasteiger partial charge in [0.1, 0.15) is 18.6 Å². The van der Waals surface area contributed by atoms with Gasteiger partial charge in [-0.1, -0.05) is 134 Å². The van der Waals surface area contributed by atoms with E-state index in [0.717, 1.165) is 33.0 Å². The summed E-state index contributed by atoms with van der Waals surface area (Å²) in [5.74, 6) is 1.39. The fraction of sp³-hybridized carbons (Fsp3) is 0.860. The fourth-order valence-electron chi connectivity index (χ4n) is 6.84. The molecular weight excluding hydrogens is 671 g/mol. The van der Waals surface area contributed by atoms with Crippen molar-refractivity contribution in [1.29, 1.82) is 0 Å². The zero-order chi connectivity index (χ0) is 38.8. The van der Waals surface area contributed by atoms with Crippen molar-refractivity contribution in [2.45, 2.75) is 220 Å². The van der Waals surface area contributed by atoms with Gasteiger partial charge in [0.2, 0.25) is 16.3 Å². The van der Waals surface area contributed by atoms with E-state index >= 15 is 0 Å². The van der Waals surface area contributed by atoms with E-state index < -0.39 is 10.4 Å². The molecule has 9 heteroatoms. The highest BCUT2D eigenvalue weighted by Gasteiger charge is 2.38. The maximum Gasteiger partial charge on any atom is 0.270 e. The first-order chi connectivity index (χ1) is 25.0. The average molecular weight is 754 g/mol. The normalized spacial score (nSPS) is 14.2. The molecule has 1 rings (SSSR count). The van der Waals surface area contributed by atoms with Crippen LogP contribution in [0.2, 0.25) is 0 Å². The van der Waals surface area contributed by atoms with Crippen molar-refractivity contribution >= 4 is 22.1 Å². The van der Waals surface area contributed by atoms with Gasteiger partial charge in [-0.3, -0.25) is 18.9 Å². The van der Waals surface area contributed by atoms with E-state index in [0.29, 0.717) is 12.5 Å². The molecule has 0 aliphatic carbocycles. The van der Waals surface area contributed by atoms with Crippen molar-refractivity contribution in [1.82, 2.24) is 10.6 Å². The maximum absolute atomic E-state index is 12.9. The quantitative estimate of drug-likeness (QED) is 0.0227. The summed E-state index contributed by atoms with van der Waals surface area (Å²) in [5.41, 5.74) is -0.356. The summed E-state index contributed by atoms with van der Waals surface area (Å²) in [6.07, 6.45) is 44.3.